The highest BCUT2D eigenvalue weighted by Gasteiger charge is 2.31. The van der Waals surface area contributed by atoms with E-state index in [1.165, 1.54) is 37.8 Å². The van der Waals surface area contributed by atoms with E-state index in [0.29, 0.717) is 5.41 Å². The summed E-state index contributed by atoms with van der Waals surface area (Å²) in [6.45, 7) is 5.59. The lowest BCUT2D eigenvalue weighted by atomic mass is 9.83. The van der Waals surface area contributed by atoms with E-state index in [2.05, 4.69) is 29.5 Å². The maximum absolute atomic E-state index is 4.56. The van der Waals surface area contributed by atoms with Gasteiger partial charge in [-0.05, 0) is 31.1 Å². The molecule has 0 atom stereocenters. The standard InChI is InChI=1S/C13H22N2S/c1-3-11-9-16-12(15-11)14-10-13(4-2)7-5-6-8-13/h9H,3-8,10H2,1-2H3,(H,14,15). The molecule has 1 aromatic heterocycles. The second-order valence-corrected chi connectivity index (χ2v) is 5.77. The number of aromatic nitrogens is 1. The second-order valence-electron chi connectivity index (χ2n) is 4.91. The topological polar surface area (TPSA) is 24.9 Å². The van der Waals surface area contributed by atoms with Crippen LogP contribution in [0.2, 0.25) is 0 Å². The van der Waals surface area contributed by atoms with Crippen LogP contribution in [-0.4, -0.2) is 11.5 Å². The largest absolute Gasteiger partial charge is 0.361 e. The third-order valence-electron chi connectivity index (χ3n) is 3.94. The Morgan fingerprint density at radius 2 is 2.12 bits per heavy atom. The smallest absolute Gasteiger partial charge is 0.182 e. The van der Waals surface area contributed by atoms with Gasteiger partial charge in [-0.1, -0.05) is 26.7 Å². The molecule has 0 spiro atoms. The van der Waals surface area contributed by atoms with E-state index >= 15 is 0 Å². The highest BCUT2D eigenvalue weighted by Crippen LogP contribution is 2.41. The molecular weight excluding hydrogens is 216 g/mol. The Bertz CT molecular complexity index is 326. The van der Waals surface area contributed by atoms with Gasteiger partial charge in [0.1, 0.15) is 0 Å². The molecule has 1 aromatic rings. The molecule has 16 heavy (non-hydrogen) atoms. The van der Waals surface area contributed by atoms with Gasteiger partial charge < -0.3 is 5.32 Å². The molecular formula is C13H22N2S. The first kappa shape index (κ1) is 11.9. The summed E-state index contributed by atoms with van der Waals surface area (Å²) >= 11 is 1.74. The zero-order valence-electron chi connectivity index (χ0n) is 10.4. The number of hydrogen-bond donors (Lipinski definition) is 1. The normalized spacial score (nSPS) is 18.9. The molecule has 0 radical (unpaired) electrons. The Hall–Kier alpha value is -0.570. The molecule has 0 aromatic carbocycles. The molecule has 1 N–H and O–H groups in total. The molecule has 1 aliphatic carbocycles. The molecule has 0 unspecified atom stereocenters. The minimum Gasteiger partial charge on any atom is -0.361 e. The summed E-state index contributed by atoms with van der Waals surface area (Å²) in [4.78, 5) is 4.56. The Balaban J connectivity index is 1.90. The van der Waals surface area contributed by atoms with Crippen molar-refractivity contribution in [1.29, 1.82) is 0 Å². The van der Waals surface area contributed by atoms with Gasteiger partial charge in [0.25, 0.3) is 0 Å². The average molecular weight is 238 g/mol. The minimum atomic E-state index is 0.554. The second kappa shape index (κ2) is 5.17. The summed E-state index contributed by atoms with van der Waals surface area (Å²) in [5.41, 5.74) is 1.77. The molecule has 2 rings (SSSR count). The molecule has 0 bridgehead atoms. The lowest BCUT2D eigenvalue weighted by Crippen LogP contribution is -2.25. The lowest BCUT2D eigenvalue weighted by molar-refractivity contribution is 0.307. The van der Waals surface area contributed by atoms with Crippen LogP contribution in [-0.2, 0) is 6.42 Å². The summed E-state index contributed by atoms with van der Waals surface area (Å²) in [5, 5.41) is 6.81. The number of aryl methyl sites for hydroxylation is 1. The molecule has 0 aliphatic heterocycles. The molecule has 2 nitrogen and oxygen atoms in total. The van der Waals surface area contributed by atoms with Crippen molar-refractivity contribution >= 4 is 16.5 Å². The summed E-state index contributed by atoms with van der Waals surface area (Å²) in [5.74, 6) is 0. The van der Waals surface area contributed by atoms with Gasteiger partial charge in [0.15, 0.2) is 5.13 Å². The van der Waals surface area contributed by atoms with Crippen molar-refractivity contribution in [1.82, 2.24) is 4.98 Å². The maximum Gasteiger partial charge on any atom is 0.182 e. The first-order valence-electron chi connectivity index (χ1n) is 6.46. The number of hydrogen-bond acceptors (Lipinski definition) is 3. The fraction of sp³-hybridized carbons (Fsp3) is 0.769. The number of nitrogens with zero attached hydrogens (tertiary/aromatic N) is 1. The maximum atomic E-state index is 4.56. The predicted molar refractivity (Wildman–Crippen MR) is 71.2 cm³/mol. The quantitative estimate of drug-likeness (QED) is 0.836. The Morgan fingerprint density at radius 3 is 2.69 bits per heavy atom. The number of thiazole rings is 1. The minimum absolute atomic E-state index is 0.554. The molecule has 1 heterocycles. The van der Waals surface area contributed by atoms with Crippen molar-refractivity contribution in [3.05, 3.63) is 11.1 Å². The van der Waals surface area contributed by atoms with E-state index in [1.54, 1.807) is 11.3 Å². The van der Waals surface area contributed by atoms with E-state index in [-0.39, 0.29) is 0 Å². The van der Waals surface area contributed by atoms with Crippen molar-refractivity contribution in [2.75, 3.05) is 11.9 Å². The van der Waals surface area contributed by atoms with Crippen LogP contribution >= 0.6 is 11.3 Å². The highest BCUT2D eigenvalue weighted by atomic mass is 32.1. The van der Waals surface area contributed by atoms with Gasteiger partial charge in [0.2, 0.25) is 0 Å². The van der Waals surface area contributed by atoms with E-state index in [1.807, 2.05) is 0 Å². The van der Waals surface area contributed by atoms with Crippen LogP contribution in [0, 0.1) is 5.41 Å². The van der Waals surface area contributed by atoms with E-state index < -0.39 is 0 Å². The van der Waals surface area contributed by atoms with Crippen LogP contribution in [0.25, 0.3) is 0 Å². The zero-order chi connectivity index (χ0) is 11.4. The highest BCUT2D eigenvalue weighted by molar-refractivity contribution is 7.13. The van der Waals surface area contributed by atoms with Gasteiger partial charge in [-0.25, -0.2) is 4.98 Å². The van der Waals surface area contributed by atoms with Crippen molar-refractivity contribution in [2.24, 2.45) is 5.41 Å². The Morgan fingerprint density at radius 1 is 1.38 bits per heavy atom. The summed E-state index contributed by atoms with van der Waals surface area (Å²) in [6.07, 6.45) is 7.94. The van der Waals surface area contributed by atoms with E-state index in [9.17, 15) is 0 Å². The number of nitrogens with one attached hydrogen (secondary N) is 1. The molecule has 3 heteroatoms. The van der Waals surface area contributed by atoms with Crippen LogP contribution in [0.1, 0.15) is 51.6 Å². The fourth-order valence-corrected chi connectivity index (χ4v) is 3.39. The van der Waals surface area contributed by atoms with Crippen LogP contribution in [0.15, 0.2) is 5.38 Å². The summed E-state index contributed by atoms with van der Waals surface area (Å²) < 4.78 is 0. The molecule has 90 valence electrons. The lowest BCUT2D eigenvalue weighted by Gasteiger charge is -2.27. The van der Waals surface area contributed by atoms with Crippen molar-refractivity contribution < 1.29 is 0 Å². The summed E-state index contributed by atoms with van der Waals surface area (Å²) in [6, 6.07) is 0. The van der Waals surface area contributed by atoms with E-state index in [0.717, 1.165) is 18.1 Å². The van der Waals surface area contributed by atoms with Crippen LogP contribution < -0.4 is 5.32 Å². The fourth-order valence-electron chi connectivity index (χ4n) is 2.59. The van der Waals surface area contributed by atoms with Gasteiger partial charge in [0, 0.05) is 11.9 Å². The summed E-state index contributed by atoms with van der Waals surface area (Å²) in [7, 11) is 0. The first-order chi connectivity index (χ1) is 7.78. The Kier molecular flexibility index (Phi) is 3.85. The van der Waals surface area contributed by atoms with Crippen LogP contribution in [0.5, 0.6) is 0 Å². The Labute approximate surface area is 102 Å². The van der Waals surface area contributed by atoms with Gasteiger partial charge in [-0.2, -0.15) is 0 Å². The third-order valence-corrected chi connectivity index (χ3v) is 4.79. The van der Waals surface area contributed by atoms with E-state index in [4.69, 9.17) is 0 Å². The number of anilines is 1. The molecule has 1 saturated carbocycles. The monoisotopic (exact) mass is 238 g/mol. The molecule has 1 fully saturated rings. The molecule has 0 saturated heterocycles. The van der Waals surface area contributed by atoms with Gasteiger partial charge >= 0.3 is 0 Å². The van der Waals surface area contributed by atoms with Gasteiger partial charge in [-0.3, -0.25) is 0 Å². The van der Waals surface area contributed by atoms with Gasteiger partial charge in [0.05, 0.1) is 5.69 Å². The first-order valence-corrected chi connectivity index (χ1v) is 7.34. The molecule has 0 amide bonds. The van der Waals surface area contributed by atoms with Crippen molar-refractivity contribution in [2.45, 2.75) is 52.4 Å². The predicted octanol–water partition coefficient (Wildman–Crippen LogP) is 4.09. The van der Waals surface area contributed by atoms with Crippen LogP contribution in [0.3, 0.4) is 0 Å². The SMILES string of the molecule is CCc1csc(NCC2(CC)CCCC2)n1. The van der Waals surface area contributed by atoms with Crippen molar-refractivity contribution in [3.63, 3.8) is 0 Å². The van der Waals surface area contributed by atoms with Crippen molar-refractivity contribution in [3.8, 4) is 0 Å². The number of rotatable bonds is 5. The van der Waals surface area contributed by atoms with Gasteiger partial charge in [-0.15, -0.1) is 11.3 Å². The van der Waals surface area contributed by atoms with Crippen LogP contribution in [0.4, 0.5) is 5.13 Å². The average Bonchev–Trinajstić information content (AvgIpc) is 2.96. The zero-order valence-corrected chi connectivity index (χ0v) is 11.2. The third kappa shape index (κ3) is 2.57. The molecule has 1 aliphatic rings.